The molecule has 19 heavy (non-hydrogen) atoms. The van der Waals surface area contributed by atoms with Crippen LogP contribution in [0.3, 0.4) is 0 Å². The Bertz CT molecular complexity index is 427. The van der Waals surface area contributed by atoms with Crippen molar-refractivity contribution in [3.8, 4) is 5.75 Å². The lowest BCUT2D eigenvalue weighted by Crippen LogP contribution is -2.59. The maximum absolute atomic E-state index is 11.7. The molecule has 0 unspecified atom stereocenters. The number of rotatable bonds is 6. The van der Waals surface area contributed by atoms with Gasteiger partial charge in [0.15, 0.2) is 0 Å². The Labute approximate surface area is 113 Å². The lowest BCUT2D eigenvalue weighted by molar-refractivity contribution is -0.130. The topological polar surface area (TPSA) is 59.6 Å². The molecule has 0 spiro atoms. The average molecular weight is 264 g/mol. The Kier molecular flexibility index (Phi) is 4.39. The Hall–Kier alpha value is -1.59. The minimum Gasteiger partial charge on any atom is -0.494 e. The summed E-state index contributed by atoms with van der Waals surface area (Å²) >= 11 is 0. The van der Waals surface area contributed by atoms with Crippen LogP contribution in [-0.4, -0.2) is 37.8 Å². The molecule has 0 saturated carbocycles. The first-order valence-electron chi connectivity index (χ1n) is 6.49. The zero-order valence-corrected chi connectivity index (χ0v) is 11.4. The van der Waals surface area contributed by atoms with Crippen LogP contribution >= 0.6 is 0 Å². The fourth-order valence-corrected chi connectivity index (χ4v) is 1.82. The quantitative estimate of drug-likeness (QED) is 0.815. The van der Waals surface area contributed by atoms with Gasteiger partial charge in [-0.05, 0) is 38.1 Å². The van der Waals surface area contributed by atoms with E-state index in [0.717, 1.165) is 24.5 Å². The van der Waals surface area contributed by atoms with Crippen LogP contribution in [0, 0.1) is 0 Å². The highest BCUT2D eigenvalue weighted by Crippen LogP contribution is 2.17. The number of anilines is 1. The first-order valence-corrected chi connectivity index (χ1v) is 6.49. The lowest BCUT2D eigenvalue weighted by atomic mass is 10.0. The van der Waals surface area contributed by atoms with Gasteiger partial charge in [-0.3, -0.25) is 4.79 Å². The minimum atomic E-state index is -0.198. The van der Waals surface area contributed by atoms with Crippen molar-refractivity contribution in [3.05, 3.63) is 24.3 Å². The first kappa shape index (κ1) is 13.8. The Morgan fingerprint density at radius 3 is 2.58 bits per heavy atom. The van der Waals surface area contributed by atoms with Gasteiger partial charge in [0.2, 0.25) is 5.91 Å². The molecule has 0 bridgehead atoms. The molecule has 1 aliphatic rings. The molecule has 0 atom stereocenters. The van der Waals surface area contributed by atoms with E-state index in [1.165, 1.54) is 0 Å². The SMILES string of the molecule is CCOc1ccc(NC(=O)COC2(C)CNC2)cc1. The number of carbonyl (C=O) groups excluding carboxylic acids is 1. The summed E-state index contributed by atoms with van der Waals surface area (Å²) in [6, 6.07) is 7.29. The molecule has 0 aliphatic carbocycles. The fraction of sp³-hybridized carbons (Fsp3) is 0.500. The highest BCUT2D eigenvalue weighted by Gasteiger charge is 2.32. The molecule has 2 N–H and O–H groups in total. The third-order valence-electron chi connectivity index (χ3n) is 3.00. The zero-order chi connectivity index (χ0) is 13.7. The predicted molar refractivity (Wildman–Crippen MR) is 73.5 cm³/mol. The van der Waals surface area contributed by atoms with Crippen LogP contribution in [0.4, 0.5) is 5.69 Å². The van der Waals surface area contributed by atoms with Gasteiger partial charge in [0.05, 0.1) is 12.2 Å². The van der Waals surface area contributed by atoms with Crippen molar-refractivity contribution < 1.29 is 14.3 Å². The second kappa shape index (κ2) is 6.04. The third kappa shape index (κ3) is 3.94. The van der Waals surface area contributed by atoms with Gasteiger partial charge in [-0.2, -0.15) is 0 Å². The normalized spacial score (nSPS) is 16.5. The van der Waals surface area contributed by atoms with Crippen molar-refractivity contribution in [1.29, 1.82) is 0 Å². The molecule has 1 aliphatic heterocycles. The Morgan fingerprint density at radius 2 is 2.05 bits per heavy atom. The largest absolute Gasteiger partial charge is 0.494 e. The molecule has 2 rings (SSSR count). The number of hydrogen-bond donors (Lipinski definition) is 2. The monoisotopic (exact) mass is 264 g/mol. The van der Waals surface area contributed by atoms with Gasteiger partial charge in [0.1, 0.15) is 12.4 Å². The van der Waals surface area contributed by atoms with Crippen LogP contribution in [0.15, 0.2) is 24.3 Å². The van der Waals surface area contributed by atoms with E-state index in [4.69, 9.17) is 9.47 Å². The highest BCUT2D eigenvalue weighted by atomic mass is 16.5. The molecule has 5 heteroatoms. The molecular formula is C14H20N2O3. The summed E-state index contributed by atoms with van der Waals surface area (Å²) in [4.78, 5) is 11.7. The molecular weight excluding hydrogens is 244 g/mol. The number of hydrogen-bond acceptors (Lipinski definition) is 4. The van der Waals surface area contributed by atoms with E-state index in [9.17, 15) is 4.79 Å². The lowest BCUT2D eigenvalue weighted by Gasteiger charge is -2.38. The molecule has 1 saturated heterocycles. The van der Waals surface area contributed by atoms with E-state index in [2.05, 4.69) is 10.6 Å². The van der Waals surface area contributed by atoms with Gasteiger partial charge in [0.25, 0.3) is 0 Å². The maximum atomic E-state index is 11.7. The maximum Gasteiger partial charge on any atom is 0.250 e. The summed E-state index contributed by atoms with van der Waals surface area (Å²) in [6.45, 7) is 6.22. The van der Waals surface area contributed by atoms with Crippen LogP contribution in [0.2, 0.25) is 0 Å². The van der Waals surface area contributed by atoms with Crippen LogP contribution in [0.25, 0.3) is 0 Å². The molecule has 1 fully saturated rings. The summed E-state index contributed by atoms with van der Waals surface area (Å²) in [5.41, 5.74) is 0.546. The molecule has 1 amide bonds. The van der Waals surface area contributed by atoms with Gasteiger partial charge in [-0.15, -0.1) is 0 Å². The summed E-state index contributed by atoms with van der Waals surface area (Å²) in [7, 11) is 0. The van der Waals surface area contributed by atoms with Crippen LogP contribution in [-0.2, 0) is 9.53 Å². The van der Waals surface area contributed by atoms with Crippen molar-refractivity contribution in [2.24, 2.45) is 0 Å². The van der Waals surface area contributed by atoms with Crippen LogP contribution in [0.5, 0.6) is 5.75 Å². The number of nitrogens with one attached hydrogen (secondary N) is 2. The molecule has 5 nitrogen and oxygen atoms in total. The van der Waals surface area contributed by atoms with Crippen molar-refractivity contribution in [1.82, 2.24) is 5.32 Å². The summed E-state index contributed by atoms with van der Waals surface area (Å²) in [5.74, 6) is 0.655. The van der Waals surface area contributed by atoms with Crippen LogP contribution in [0.1, 0.15) is 13.8 Å². The van der Waals surface area contributed by atoms with E-state index in [-0.39, 0.29) is 18.1 Å². The van der Waals surface area contributed by atoms with Crippen molar-refractivity contribution in [2.75, 3.05) is 31.6 Å². The number of benzene rings is 1. The summed E-state index contributed by atoms with van der Waals surface area (Å²) < 4.78 is 10.9. The first-order chi connectivity index (χ1) is 9.11. The minimum absolute atomic E-state index is 0.0748. The molecule has 1 aromatic rings. The second-order valence-electron chi connectivity index (χ2n) is 4.85. The van der Waals surface area contributed by atoms with E-state index in [0.29, 0.717) is 6.61 Å². The Balaban J connectivity index is 1.78. The predicted octanol–water partition coefficient (Wildman–Crippen LogP) is 1.40. The van der Waals surface area contributed by atoms with Gasteiger partial charge in [0, 0.05) is 18.8 Å². The number of amides is 1. The van der Waals surface area contributed by atoms with E-state index < -0.39 is 0 Å². The van der Waals surface area contributed by atoms with E-state index in [1.54, 1.807) is 0 Å². The molecule has 1 aromatic carbocycles. The fourth-order valence-electron chi connectivity index (χ4n) is 1.82. The highest BCUT2D eigenvalue weighted by molar-refractivity contribution is 5.91. The third-order valence-corrected chi connectivity index (χ3v) is 3.00. The van der Waals surface area contributed by atoms with Gasteiger partial charge < -0.3 is 20.1 Å². The molecule has 0 radical (unpaired) electrons. The van der Waals surface area contributed by atoms with E-state index in [1.807, 2.05) is 38.1 Å². The smallest absolute Gasteiger partial charge is 0.250 e. The van der Waals surface area contributed by atoms with Crippen LogP contribution < -0.4 is 15.4 Å². The summed E-state index contributed by atoms with van der Waals surface area (Å²) in [6.07, 6.45) is 0. The second-order valence-corrected chi connectivity index (χ2v) is 4.85. The standard InChI is InChI=1S/C14H20N2O3/c1-3-18-12-6-4-11(5-7-12)16-13(17)8-19-14(2)9-15-10-14/h4-7,15H,3,8-10H2,1-2H3,(H,16,17). The average Bonchev–Trinajstić information content (AvgIpc) is 2.37. The number of carbonyl (C=O) groups is 1. The Morgan fingerprint density at radius 1 is 1.37 bits per heavy atom. The van der Waals surface area contributed by atoms with Crippen molar-refractivity contribution >= 4 is 11.6 Å². The number of ether oxygens (including phenoxy) is 2. The van der Waals surface area contributed by atoms with Gasteiger partial charge in [-0.25, -0.2) is 0 Å². The molecule has 0 aromatic heterocycles. The molecule has 104 valence electrons. The van der Waals surface area contributed by atoms with Gasteiger partial charge >= 0.3 is 0 Å². The van der Waals surface area contributed by atoms with Gasteiger partial charge in [-0.1, -0.05) is 0 Å². The van der Waals surface area contributed by atoms with E-state index >= 15 is 0 Å². The van der Waals surface area contributed by atoms with Crippen molar-refractivity contribution in [3.63, 3.8) is 0 Å². The zero-order valence-electron chi connectivity index (χ0n) is 11.4. The van der Waals surface area contributed by atoms with Crippen molar-refractivity contribution in [2.45, 2.75) is 19.4 Å². The molecule has 1 heterocycles. The summed E-state index contributed by atoms with van der Waals surface area (Å²) in [5, 5.41) is 5.91.